The molecular formula is C25H24N4O5. The maximum atomic E-state index is 12.1. The predicted octanol–water partition coefficient (Wildman–Crippen LogP) is 3.11. The molecule has 0 atom stereocenters. The fourth-order valence-corrected chi connectivity index (χ4v) is 2.83. The number of anilines is 2. The van der Waals surface area contributed by atoms with Crippen molar-refractivity contribution in [3.8, 4) is 11.5 Å². The molecule has 3 N–H and O–H groups in total. The molecule has 3 aromatic rings. The second-order valence-electron chi connectivity index (χ2n) is 7.13. The molecule has 0 saturated heterocycles. The molecule has 0 bridgehead atoms. The number of hydrogen-bond acceptors (Lipinski definition) is 6. The Kier molecular flexibility index (Phi) is 8.34. The van der Waals surface area contributed by atoms with Crippen molar-refractivity contribution in [2.24, 2.45) is 5.10 Å². The van der Waals surface area contributed by atoms with Crippen LogP contribution in [0.4, 0.5) is 11.4 Å². The van der Waals surface area contributed by atoms with Crippen molar-refractivity contribution < 1.29 is 23.9 Å². The molecule has 174 valence electrons. The van der Waals surface area contributed by atoms with Gasteiger partial charge in [0.1, 0.15) is 11.5 Å². The van der Waals surface area contributed by atoms with E-state index in [4.69, 9.17) is 9.47 Å². The molecule has 0 saturated carbocycles. The Morgan fingerprint density at radius 1 is 0.912 bits per heavy atom. The Bertz CT molecular complexity index is 1180. The minimum absolute atomic E-state index is 0.140. The highest BCUT2D eigenvalue weighted by Gasteiger charge is 2.15. The molecule has 3 amide bonds. The van der Waals surface area contributed by atoms with Crippen molar-refractivity contribution in [1.29, 1.82) is 0 Å². The largest absolute Gasteiger partial charge is 0.495 e. The van der Waals surface area contributed by atoms with Gasteiger partial charge in [-0.2, -0.15) is 5.10 Å². The van der Waals surface area contributed by atoms with E-state index < -0.39 is 11.8 Å². The summed E-state index contributed by atoms with van der Waals surface area (Å²) in [4.78, 5) is 36.1. The van der Waals surface area contributed by atoms with Gasteiger partial charge in [0, 0.05) is 5.69 Å². The third-order valence-electron chi connectivity index (χ3n) is 4.50. The molecule has 0 aromatic heterocycles. The van der Waals surface area contributed by atoms with Gasteiger partial charge in [0.15, 0.2) is 6.61 Å². The zero-order valence-electron chi connectivity index (χ0n) is 18.7. The summed E-state index contributed by atoms with van der Waals surface area (Å²) in [7, 11) is 1.47. The third-order valence-corrected chi connectivity index (χ3v) is 4.50. The summed E-state index contributed by atoms with van der Waals surface area (Å²) in [6.45, 7) is 1.72. The first-order chi connectivity index (χ1) is 16.4. The number of aryl methyl sites for hydroxylation is 1. The van der Waals surface area contributed by atoms with Crippen molar-refractivity contribution in [2.45, 2.75) is 6.92 Å². The van der Waals surface area contributed by atoms with Crippen LogP contribution in [-0.4, -0.2) is 37.7 Å². The maximum Gasteiger partial charge on any atom is 0.329 e. The number of hydrazone groups is 1. The van der Waals surface area contributed by atoms with Gasteiger partial charge in [-0.25, -0.2) is 5.43 Å². The minimum atomic E-state index is -0.927. The van der Waals surface area contributed by atoms with Crippen molar-refractivity contribution in [3.05, 3.63) is 83.9 Å². The molecule has 34 heavy (non-hydrogen) atoms. The van der Waals surface area contributed by atoms with Crippen LogP contribution in [0.15, 0.2) is 77.9 Å². The quantitative estimate of drug-likeness (QED) is 0.271. The van der Waals surface area contributed by atoms with Crippen LogP contribution in [0.3, 0.4) is 0 Å². The van der Waals surface area contributed by atoms with Crippen LogP contribution in [0.1, 0.15) is 11.1 Å². The van der Waals surface area contributed by atoms with Crippen LogP contribution in [0.2, 0.25) is 0 Å². The van der Waals surface area contributed by atoms with Crippen LogP contribution in [0, 0.1) is 6.92 Å². The molecule has 0 aliphatic rings. The van der Waals surface area contributed by atoms with Crippen LogP contribution in [0.25, 0.3) is 0 Å². The topological polar surface area (TPSA) is 118 Å². The first-order valence-electron chi connectivity index (χ1n) is 10.3. The van der Waals surface area contributed by atoms with Gasteiger partial charge in [0.25, 0.3) is 5.91 Å². The summed E-state index contributed by atoms with van der Waals surface area (Å²) >= 11 is 0. The number of methoxy groups -OCH3 is 1. The molecular weight excluding hydrogens is 436 g/mol. The Balaban J connectivity index is 1.45. The number of nitrogens with one attached hydrogen (secondary N) is 3. The highest BCUT2D eigenvalue weighted by atomic mass is 16.5. The summed E-state index contributed by atoms with van der Waals surface area (Å²) < 4.78 is 10.6. The zero-order valence-corrected chi connectivity index (χ0v) is 18.7. The lowest BCUT2D eigenvalue weighted by Crippen LogP contribution is -2.32. The molecule has 0 fully saturated rings. The van der Waals surface area contributed by atoms with E-state index in [-0.39, 0.29) is 12.5 Å². The average Bonchev–Trinajstić information content (AvgIpc) is 2.84. The van der Waals surface area contributed by atoms with Crippen LogP contribution < -0.4 is 25.5 Å². The van der Waals surface area contributed by atoms with Crippen molar-refractivity contribution in [2.75, 3.05) is 24.4 Å². The van der Waals surface area contributed by atoms with E-state index in [9.17, 15) is 14.4 Å². The smallest absolute Gasteiger partial charge is 0.329 e. The van der Waals surface area contributed by atoms with Gasteiger partial charge < -0.3 is 20.1 Å². The molecule has 0 radical (unpaired) electrons. The highest BCUT2D eigenvalue weighted by Crippen LogP contribution is 2.25. The van der Waals surface area contributed by atoms with Gasteiger partial charge >= 0.3 is 11.8 Å². The minimum Gasteiger partial charge on any atom is -0.495 e. The summed E-state index contributed by atoms with van der Waals surface area (Å²) in [6, 6.07) is 21.0. The molecule has 9 heteroatoms. The first-order valence-corrected chi connectivity index (χ1v) is 10.3. The highest BCUT2D eigenvalue weighted by molar-refractivity contribution is 6.39. The number of ether oxygens (including phenoxy) is 2. The van der Waals surface area contributed by atoms with Crippen molar-refractivity contribution in [1.82, 2.24) is 5.43 Å². The van der Waals surface area contributed by atoms with Gasteiger partial charge in [-0.15, -0.1) is 0 Å². The number of rotatable bonds is 8. The summed E-state index contributed by atoms with van der Waals surface area (Å²) in [6.07, 6.45) is 1.38. The lowest BCUT2D eigenvalue weighted by molar-refractivity contribution is -0.136. The molecule has 0 aliphatic carbocycles. The Morgan fingerprint density at radius 3 is 2.35 bits per heavy atom. The Hall–Kier alpha value is -4.66. The van der Waals surface area contributed by atoms with E-state index in [0.29, 0.717) is 28.4 Å². The zero-order chi connectivity index (χ0) is 24.3. The Labute approximate surface area is 196 Å². The van der Waals surface area contributed by atoms with Gasteiger partial charge in [-0.1, -0.05) is 24.3 Å². The van der Waals surface area contributed by atoms with Crippen LogP contribution >= 0.6 is 0 Å². The fourth-order valence-electron chi connectivity index (χ4n) is 2.83. The van der Waals surface area contributed by atoms with Crippen LogP contribution in [0.5, 0.6) is 11.5 Å². The van der Waals surface area contributed by atoms with Crippen molar-refractivity contribution >= 4 is 35.3 Å². The second kappa shape index (κ2) is 11.8. The molecule has 0 unspecified atom stereocenters. The van der Waals surface area contributed by atoms with E-state index in [1.165, 1.54) is 13.3 Å². The van der Waals surface area contributed by atoms with E-state index in [1.807, 2.05) is 31.2 Å². The number of nitrogens with zero attached hydrogens (tertiary/aromatic N) is 1. The van der Waals surface area contributed by atoms with Gasteiger partial charge in [-0.05, 0) is 66.6 Å². The number of para-hydroxylation sites is 1. The van der Waals surface area contributed by atoms with Crippen molar-refractivity contribution in [3.63, 3.8) is 0 Å². The molecule has 0 aliphatic heterocycles. The number of carbonyl (C=O) groups is 3. The number of amides is 3. The summed E-state index contributed by atoms with van der Waals surface area (Å²) in [5.74, 6) is -1.14. The second-order valence-corrected chi connectivity index (χ2v) is 7.13. The fraction of sp³-hybridized carbons (Fsp3) is 0.120. The average molecular weight is 460 g/mol. The standard InChI is InChI=1S/C25H24N4O5/c1-17-8-13-22(33-2)21(14-17)28-24(31)25(32)29-26-15-18-9-11-20(12-10-18)34-16-23(30)27-19-6-4-3-5-7-19/h3-15H,16H2,1-2H3,(H,27,30)(H,28,31)(H,29,32)/b26-15-. The van der Waals surface area contributed by atoms with E-state index >= 15 is 0 Å². The number of benzene rings is 3. The molecule has 3 aromatic carbocycles. The van der Waals surface area contributed by atoms with Gasteiger partial charge in [0.2, 0.25) is 0 Å². The Morgan fingerprint density at radius 2 is 1.65 bits per heavy atom. The summed E-state index contributed by atoms with van der Waals surface area (Å²) in [5.41, 5.74) is 4.81. The van der Waals surface area contributed by atoms with Gasteiger partial charge in [0.05, 0.1) is 19.0 Å². The third kappa shape index (κ3) is 7.20. The van der Waals surface area contributed by atoms with E-state index in [1.54, 1.807) is 48.5 Å². The molecule has 0 heterocycles. The SMILES string of the molecule is COc1ccc(C)cc1NC(=O)C(=O)N/N=C\c1ccc(OCC(=O)Nc2ccccc2)cc1. The van der Waals surface area contributed by atoms with Gasteiger partial charge in [-0.3, -0.25) is 14.4 Å². The molecule has 0 spiro atoms. The monoisotopic (exact) mass is 460 g/mol. The number of carbonyl (C=O) groups excluding carboxylic acids is 3. The summed E-state index contributed by atoms with van der Waals surface area (Å²) in [5, 5.41) is 9.02. The first kappa shape index (κ1) is 24.0. The normalized spacial score (nSPS) is 10.4. The van der Waals surface area contributed by atoms with E-state index in [2.05, 4.69) is 21.2 Å². The van der Waals surface area contributed by atoms with Crippen LogP contribution in [-0.2, 0) is 14.4 Å². The predicted molar refractivity (Wildman–Crippen MR) is 129 cm³/mol. The van der Waals surface area contributed by atoms with E-state index in [0.717, 1.165) is 5.56 Å². The molecule has 3 rings (SSSR count). The number of hydrogen-bond donors (Lipinski definition) is 3. The molecule has 9 nitrogen and oxygen atoms in total. The lowest BCUT2D eigenvalue weighted by Gasteiger charge is -2.10. The maximum absolute atomic E-state index is 12.1. The lowest BCUT2D eigenvalue weighted by atomic mass is 10.2.